The van der Waals surface area contributed by atoms with Crippen LogP contribution in [0.5, 0.6) is 0 Å². The molecule has 0 rings (SSSR count). The fraction of sp³-hybridized carbons (Fsp3) is 0.808. The fourth-order valence-corrected chi connectivity index (χ4v) is 3.91. The molecule has 0 aliphatic heterocycles. The van der Waals surface area contributed by atoms with Crippen molar-refractivity contribution in [2.75, 3.05) is 26.2 Å². The van der Waals surface area contributed by atoms with E-state index in [0.29, 0.717) is 43.4 Å². The smallest absolute Gasteiger partial charge is 0.306 e. The third kappa shape index (κ3) is 14.8. The third-order valence-corrected chi connectivity index (χ3v) is 6.75. The monoisotopic (exact) mass is 469 g/mol. The molecule has 0 heterocycles. The minimum absolute atomic E-state index is 0.429. The van der Waals surface area contributed by atoms with Crippen LogP contribution in [0.2, 0.25) is 0 Å². The lowest BCUT2D eigenvalue weighted by molar-refractivity contribution is -0.929. The summed E-state index contributed by atoms with van der Waals surface area (Å²) in [6.07, 6.45) is 13.6. The zero-order chi connectivity index (χ0) is 25.3. The SMILES string of the molecule is CCCCCC/C=C/CCC[N+](CCC(C)C(=O)[O-])(CCC(C)C(=O)O)CCC(C)C(=O)O. The molecule has 0 aliphatic carbocycles. The number of carbonyl (C=O) groups excluding carboxylic acids is 1. The summed E-state index contributed by atoms with van der Waals surface area (Å²) >= 11 is 0. The van der Waals surface area contributed by atoms with E-state index in [0.717, 1.165) is 25.8 Å². The molecule has 0 aromatic rings. The van der Waals surface area contributed by atoms with E-state index < -0.39 is 35.7 Å². The lowest BCUT2D eigenvalue weighted by atomic mass is 10.0. The predicted octanol–water partition coefficient (Wildman–Crippen LogP) is 4.11. The van der Waals surface area contributed by atoms with Gasteiger partial charge in [-0.05, 0) is 19.3 Å². The summed E-state index contributed by atoms with van der Waals surface area (Å²) in [6.45, 7) is 9.74. The van der Waals surface area contributed by atoms with Crippen molar-refractivity contribution >= 4 is 17.9 Å². The summed E-state index contributed by atoms with van der Waals surface area (Å²) < 4.78 is 0.553. The van der Waals surface area contributed by atoms with Crippen molar-refractivity contribution < 1.29 is 34.2 Å². The molecule has 0 aromatic heterocycles. The van der Waals surface area contributed by atoms with Crippen LogP contribution in [0.25, 0.3) is 0 Å². The zero-order valence-electron chi connectivity index (χ0n) is 21.3. The van der Waals surface area contributed by atoms with Gasteiger partial charge in [0, 0.05) is 37.6 Å². The van der Waals surface area contributed by atoms with Crippen molar-refractivity contribution in [3.05, 3.63) is 12.2 Å². The second-order valence-electron chi connectivity index (χ2n) is 9.76. The lowest BCUT2D eigenvalue weighted by Gasteiger charge is -2.41. The average Bonchev–Trinajstić information content (AvgIpc) is 2.77. The van der Waals surface area contributed by atoms with Crippen LogP contribution in [-0.2, 0) is 14.4 Å². The maximum Gasteiger partial charge on any atom is 0.306 e. The number of carbonyl (C=O) groups is 3. The van der Waals surface area contributed by atoms with Gasteiger partial charge in [-0.1, -0.05) is 59.1 Å². The number of nitrogens with zero attached hydrogens (tertiary/aromatic N) is 1. The normalized spacial score (nSPS) is 16.2. The lowest BCUT2D eigenvalue weighted by Crippen LogP contribution is -2.52. The highest BCUT2D eigenvalue weighted by Gasteiger charge is 2.30. The predicted molar refractivity (Wildman–Crippen MR) is 128 cm³/mol. The topological polar surface area (TPSA) is 115 Å². The van der Waals surface area contributed by atoms with E-state index in [1.165, 1.54) is 25.7 Å². The second kappa shape index (κ2) is 17.6. The van der Waals surface area contributed by atoms with E-state index in [1.807, 2.05) is 0 Å². The number of hydrogen-bond acceptors (Lipinski definition) is 4. The Morgan fingerprint density at radius 3 is 1.61 bits per heavy atom. The van der Waals surface area contributed by atoms with E-state index in [4.69, 9.17) is 0 Å². The van der Waals surface area contributed by atoms with Gasteiger partial charge in [0.1, 0.15) is 0 Å². The van der Waals surface area contributed by atoms with Crippen molar-refractivity contribution in [1.82, 2.24) is 0 Å². The van der Waals surface area contributed by atoms with Crippen LogP contribution < -0.4 is 5.11 Å². The minimum Gasteiger partial charge on any atom is -0.550 e. The molecule has 0 aromatic carbocycles. The van der Waals surface area contributed by atoms with Crippen LogP contribution in [0.4, 0.5) is 0 Å². The molecule has 0 fully saturated rings. The molecule has 7 heteroatoms. The van der Waals surface area contributed by atoms with Gasteiger partial charge in [0.25, 0.3) is 0 Å². The van der Waals surface area contributed by atoms with Gasteiger partial charge in [0.05, 0.1) is 38.0 Å². The van der Waals surface area contributed by atoms with E-state index in [2.05, 4.69) is 19.1 Å². The Morgan fingerprint density at radius 2 is 1.18 bits per heavy atom. The van der Waals surface area contributed by atoms with Crippen LogP contribution in [0.1, 0.15) is 91.9 Å². The molecule has 0 saturated carbocycles. The average molecular weight is 470 g/mol. The molecule has 0 spiro atoms. The highest BCUT2D eigenvalue weighted by Crippen LogP contribution is 2.21. The van der Waals surface area contributed by atoms with Gasteiger partial charge in [-0.15, -0.1) is 0 Å². The fourth-order valence-electron chi connectivity index (χ4n) is 3.91. The van der Waals surface area contributed by atoms with E-state index in [9.17, 15) is 29.7 Å². The molecule has 0 amide bonds. The summed E-state index contributed by atoms with van der Waals surface area (Å²) in [7, 11) is 0. The van der Waals surface area contributed by atoms with Crippen molar-refractivity contribution in [2.24, 2.45) is 17.8 Å². The molecule has 0 radical (unpaired) electrons. The minimum atomic E-state index is -1.09. The number of allylic oxidation sites excluding steroid dienone is 2. The molecule has 2 N–H and O–H groups in total. The number of quaternary nitrogens is 1. The largest absolute Gasteiger partial charge is 0.550 e. The van der Waals surface area contributed by atoms with E-state index in [1.54, 1.807) is 20.8 Å². The Hall–Kier alpha value is -1.89. The highest BCUT2D eigenvalue weighted by atomic mass is 16.4. The molecule has 192 valence electrons. The van der Waals surface area contributed by atoms with Crippen molar-refractivity contribution in [1.29, 1.82) is 0 Å². The maximum absolute atomic E-state index is 11.4. The van der Waals surface area contributed by atoms with Gasteiger partial charge in [0.15, 0.2) is 0 Å². The molecule has 0 saturated heterocycles. The molecular formula is C26H47NO6. The van der Waals surface area contributed by atoms with Crippen LogP contribution in [0.15, 0.2) is 12.2 Å². The molecule has 3 unspecified atom stereocenters. The van der Waals surface area contributed by atoms with Crippen LogP contribution in [0.3, 0.4) is 0 Å². The van der Waals surface area contributed by atoms with Crippen molar-refractivity contribution in [3.8, 4) is 0 Å². The summed E-state index contributed by atoms with van der Waals surface area (Å²) in [5.74, 6) is -4.37. The third-order valence-electron chi connectivity index (χ3n) is 6.75. The zero-order valence-corrected chi connectivity index (χ0v) is 21.3. The van der Waals surface area contributed by atoms with E-state index >= 15 is 0 Å². The molecular weight excluding hydrogens is 422 g/mol. The van der Waals surface area contributed by atoms with Crippen LogP contribution >= 0.6 is 0 Å². The molecule has 0 bridgehead atoms. The number of unbranched alkanes of at least 4 members (excludes halogenated alkanes) is 5. The van der Waals surface area contributed by atoms with Gasteiger partial charge >= 0.3 is 11.9 Å². The number of aliphatic carboxylic acids is 3. The number of rotatable bonds is 21. The van der Waals surface area contributed by atoms with E-state index in [-0.39, 0.29) is 0 Å². The summed E-state index contributed by atoms with van der Waals surface area (Å²) in [4.78, 5) is 34.0. The first-order valence-electron chi connectivity index (χ1n) is 12.7. The quantitative estimate of drug-likeness (QED) is 0.149. The van der Waals surface area contributed by atoms with Gasteiger partial charge < -0.3 is 24.6 Å². The first-order valence-corrected chi connectivity index (χ1v) is 12.7. The molecule has 0 aliphatic rings. The first kappa shape index (κ1) is 31.1. The highest BCUT2D eigenvalue weighted by molar-refractivity contribution is 5.69. The van der Waals surface area contributed by atoms with Crippen LogP contribution in [0, 0.1) is 17.8 Å². The Labute approximate surface area is 200 Å². The van der Waals surface area contributed by atoms with Gasteiger partial charge in [-0.3, -0.25) is 9.59 Å². The van der Waals surface area contributed by atoms with Crippen molar-refractivity contribution in [2.45, 2.75) is 91.9 Å². The van der Waals surface area contributed by atoms with Gasteiger partial charge in [0.2, 0.25) is 0 Å². The maximum atomic E-state index is 11.4. The number of hydrogen-bond donors (Lipinski definition) is 2. The van der Waals surface area contributed by atoms with Crippen molar-refractivity contribution in [3.63, 3.8) is 0 Å². The standard InChI is InChI=1S/C26H47NO6/c1-5-6-7-8-9-10-11-12-13-17-27(18-14-21(2)24(28)29,19-15-22(3)25(30)31)20-16-23(4)26(32)33/h10-11,21-23H,5-9,12-20H2,1-4H3,(H2-,28,29,30,31,32,33)/b11-10+. The Bertz CT molecular complexity index is 544. The molecule has 7 nitrogen and oxygen atoms in total. The first-order chi connectivity index (χ1) is 15.5. The number of carboxylic acid groups (broad SMARTS) is 3. The summed E-state index contributed by atoms with van der Waals surface area (Å²) in [5, 5.41) is 29.9. The second-order valence-corrected chi connectivity index (χ2v) is 9.76. The van der Waals surface area contributed by atoms with Gasteiger partial charge in [-0.25, -0.2) is 0 Å². The molecule has 3 atom stereocenters. The Kier molecular flexibility index (Phi) is 16.6. The van der Waals surface area contributed by atoms with Crippen LogP contribution in [-0.4, -0.2) is 58.8 Å². The van der Waals surface area contributed by atoms with Gasteiger partial charge in [-0.2, -0.15) is 0 Å². The summed E-state index contributed by atoms with van der Waals surface area (Å²) in [5.41, 5.74) is 0. The Morgan fingerprint density at radius 1 is 0.727 bits per heavy atom. The summed E-state index contributed by atoms with van der Waals surface area (Å²) in [6, 6.07) is 0. The Balaban J connectivity index is 5.23. The molecule has 33 heavy (non-hydrogen) atoms. The number of carboxylic acids is 3.